The van der Waals surface area contributed by atoms with Gasteiger partial charge in [0.2, 0.25) is 0 Å². The lowest BCUT2D eigenvalue weighted by atomic mass is 10.1. The maximum atomic E-state index is 14.2. The van der Waals surface area contributed by atoms with E-state index in [1.807, 2.05) is 17.8 Å². The number of halogens is 1. The van der Waals surface area contributed by atoms with E-state index in [2.05, 4.69) is 24.1 Å². The highest BCUT2D eigenvalue weighted by atomic mass is 32.2. The molecule has 2 atom stereocenters. The van der Waals surface area contributed by atoms with E-state index in [1.165, 1.54) is 0 Å². The van der Waals surface area contributed by atoms with Gasteiger partial charge in [-0.15, -0.1) is 0 Å². The first kappa shape index (κ1) is 16.6. The summed E-state index contributed by atoms with van der Waals surface area (Å²) in [7, 11) is 1.67. The molecule has 1 saturated heterocycles. The molecule has 0 radical (unpaired) electrons. The minimum atomic E-state index is -0.129. The van der Waals surface area contributed by atoms with Crippen LogP contribution in [-0.2, 0) is 11.3 Å². The van der Waals surface area contributed by atoms with Gasteiger partial charge < -0.3 is 15.0 Å². The standard InChI is InChI=1S/C16H25FN2OS/c1-12-10-19(11-13(2)21-12)16-6-4-5-15(17)14(16)9-18-7-8-20-3/h4-6,12-13,18H,7-11H2,1-3H3. The molecule has 0 spiro atoms. The highest BCUT2D eigenvalue weighted by molar-refractivity contribution is 8.00. The molecule has 21 heavy (non-hydrogen) atoms. The molecule has 1 aliphatic rings. The number of nitrogens with one attached hydrogen (secondary N) is 1. The molecule has 1 N–H and O–H groups in total. The third kappa shape index (κ3) is 4.59. The Morgan fingerprint density at radius 3 is 2.71 bits per heavy atom. The third-order valence-corrected chi connectivity index (χ3v) is 4.87. The second-order valence-corrected chi connectivity index (χ2v) is 7.45. The molecular weight excluding hydrogens is 287 g/mol. The van der Waals surface area contributed by atoms with E-state index in [4.69, 9.17) is 4.74 Å². The van der Waals surface area contributed by atoms with E-state index in [1.54, 1.807) is 19.2 Å². The average molecular weight is 312 g/mol. The predicted molar refractivity (Wildman–Crippen MR) is 88.7 cm³/mol. The van der Waals surface area contributed by atoms with Gasteiger partial charge in [0.15, 0.2) is 0 Å². The molecule has 1 aromatic rings. The van der Waals surface area contributed by atoms with Crippen molar-refractivity contribution in [1.82, 2.24) is 5.32 Å². The van der Waals surface area contributed by atoms with Gasteiger partial charge in [-0.25, -0.2) is 4.39 Å². The van der Waals surface area contributed by atoms with Crippen molar-refractivity contribution < 1.29 is 9.13 Å². The van der Waals surface area contributed by atoms with E-state index >= 15 is 0 Å². The highest BCUT2D eigenvalue weighted by Gasteiger charge is 2.24. The second-order valence-electron chi connectivity index (χ2n) is 5.57. The van der Waals surface area contributed by atoms with Crippen molar-refractivity contribution in [3.05, 3.63) is 29.6 Å². The summed E-state index contributed by atoms with van der Waals surface area (Å²) < 4.78 is 19.2. The third-order valence-electron chi connectivity index (χ3n) is 3.64. The number of hydrogen-bond donors (Lipinski definition) is 1. The molecule has 1 fully saturated rings. The van der Waals surface area contributed by atoms with Gasteiger partial charge in [0, 0.05) is 55.0 Å². The molecule has 0 aliphatic carbocycles. The Labute approximate surface area is 131 Å². The summed E-state index contributed by atoms with van der Waals surface area (Å²) in [6.07, 6.45) is 0. The molecule has 0 saturated carbocycles. The van der Waals surface area contributed by atoms with Crippen LogP contribution in [0.4, 0.5) is 10.1 Å². The molecule has 3 nitrogen and oxygen atoms in total. The van der Waals surface area contributed by atoms with Crippen LogP contribution in [0.1, 0.15) is 19.4 Å². The number of methoxy groups -OCH3 is 1. The van der Waals surface area contributed by atoms with Crippen LogP contribution in [0.25, 0.3) is 0 Å². The summed E-state index contributed by atoms with van der Waals surface area (Å²) in [5.74, 6) is -0.129. The summed E-state index contributed by atoms with van der Waals surface area (Å²) in [5, 5.41) is 4.40. The van der Waals surface area contributed by atoms with E-state index < -0.39 is 0 Å². The Bertz CT molecular complexity index is 448. The van der Waals surface area contributed by atoms with Crippen molar-refractivity contribution in [2.24, 2.45) is 0 Å². The quantitative estimate of drug-likeness (QED) is 0.816. The van der Waals surface area contributed by atoms with Gasteiger partial charge in [-0.05, 0) is 12.1 Å². The van der Waals surface area contributed by atoms with Gasteiger partial charge in [-0.3, -0.25) is 0 Å². The normalized spacial score (nSPS) is 22.6. The monoisotopic (exact) mass is 312 g/mol. The maximum Gasteiger partial charge on any atom is 0.129 e. The molecule has 5 heteroatoms. The van der Waals surface area contributed by atoms with Crippen molar-refractivity contribution in [3.8, 4) is 0 Å². The average Bonchev–Trinajstić information content (AvgIpc) is 2.43. The smallest absolute Gasteiger partial charge is 0.129 e. The number of rotatable bonds is 6. The van der Waals surface area contributed by atoms with E-state index in [-0.39, 0.29) is 5.82 Å². The Kier molecular flexibility index (Phi) is 6.33. The van der Waals surface area contributed by atoms with Crippen LogP contribution in [0.5, 0.6) is 0 Å². The Morgan fingerprint density at radius 1 is 1.33 bits per heavy atom. The lowest BCUT2D eigenvalue weighted by Gasteiger charge is -2.37. The van der Waals surface area contributed by atoms with E-state index in [9.17, 15) is 4.39 Å². The van der Waals surface area contributed by atoms with Crippen LogP contribution in [0.15, 0.2) is 18.2 Å². The van der Waals surface area contributed by atoms with Crippen LogP contribution in [-0.4, -0.2) is 43.9 Å². The molecule has 0 amide bonds. The van der Waals surface area contributed by atoms with Gasteiger partial charge in [-0.1, -0.05) is 19.9 Å². The van der Waals surface area contributed by atoms with Crippen LogP contribution >= 0.6 is 11.8 Å². The number of ether oxygens (including phenoxy) is 1. The lowest BCUT2D eigenvalue weighted by molar-refractivity contribution is 0.199. The SMILES string of the molecule is COCCNCc1c(F)cccc1N1CC(C)SC(C)C1. The number of nitrogens with zero attached hydrogens (tertiary/aromatic N) is 1. The van der Waals surface area contributed by atoms with Crippen LogP contribution in [0.3, 0.4) is 0 Å². The van der Waals surface area contributed by atoms with Crippen LogP contribution in [0.2, 0.25) is 0 Å². The van der Waals surface area contributed by atoms with Crippen molar-refractivity contribution in [1.29, 1.82) is 0 Å². The fourth-order valence-electron chi connectivity index (χ4n) is 2.78. The number of hydrogen-bond acceptors (Lipinski definition) is 4. The first-order valence-electron chi connectivity index (χ1n) is 7.49. The van der Waals surface area contributed by atoms with Crippen LogP contribution < -0.4 is 10.2 Å². The molecule has 1 aromatic carbocycles. The second kappa shape index (κ2) is 8.01. The molecule has 1 heterocycles. The van der Waals surface area contributed by atoms with E-state index in [0.29, 0.717) is 23.7 Å². The van der Waals surface area contributed by atoms with Crippen molar-refractivity contribution in [3.63, 3.8) is 0 Å². The number of benzene rings is 1. The largest absolute Gasteiger partial charge is 0.383 e. The molecule has 2 unspecified atom stereocenters. The van der Waals surface area contributed by atoms with Gasteiger partial charge in [0.05, 0.1) is 6.61 Å². The van der Waals surface area contributed by atoms with Crippen molar-refractivity contribution >= 4 is 17.4 Å². The van der Waals surface area contributed by atoms with Crippen molar-refractivity contribution in [2.45, 2.75) is 30.9 Å². The predicted octanol–water partition coefficient (Wildman–Crippen LogP) is 2.89. The zero-order valence-corrected chi connectivity index (χ0v) is 13.9. The maximum absolute atomic E-state index is 14.2. The molecule has 118 valence electrons. The van der Waals surface area contributed by atoms with Crippen LogP contribution in [0, 0.1) is 5.82 Å². The summed E-state index contributed by atoms with van der Waals surface area (Å²) in [5.41, 5.74) is 1.79. The number of thioether (sulfide) groups is 1. The zero-order chi connectivity index (χ0) is 15.2. The van der Waals surface area contributed by atoms with Crippen molar-refractivity contribution in [2.75, 3.05) is 38.3 Å². The zero-order valence-electron chi connectivity index (χ0n) is 13.1. The molecular formula is C16H25FN2OS. The lowest BCUT2D eigenvalue weighted by Crippen LogP contribution is -2.41. The fraction of sp³-hybridized carbons (Fsp3) is 0.625. The summed E-state index contributed by atoms with van der Waals surface area (Å²) in [6.45, 7) is 8.34. The van der Waals surface area contributed by atoms with Gasteiger partial charge >= 0.3 is 0 Å². The molecule has 0 aromatic heterocycles. The first-order chi connectivity index (χ1) is 10.1. The Balaban J connectivity index is 2.12. The minimum Gasteiger partial charge on any atom is -0.383 e. The molecule has 2 rings (SSSR count). The Hall–Kier alpha value is -0.780. The first-order valence-corrected chi connectivity index (χ1v) is 8.43. The molecule has 1 aliphatic heterocycles. The number of anilines is 1. The van der Waals surface area contributed by atoms with Gasteiger partial charge in [-0.2, -0.15) is 11.8 Å². The topological polar surface area (TPSA) is 24.5 Å². The Morgan fingerprint density at radius 2 is 2.05 bits per heavy atom. The summed E-state index contributed by atoms with van der Waals surface area (Å²) in [4.78, 5) is 2.32. The van der Waals surface area contributed by atoms with Gasteiger partial charge in [0.1, 0.15) is 5.82 Å². The fourth-order valence-corrected chi connectivity index (χ4v) is 4.11. The van der Waals surface area contributed by atoms with E-state index in [0.717, 1.165) is 30.9 Å². The summed E-state index contributed by atoms with van der Waals surface area (Å²) >= 11 is 2.01. The van der Waals surface area contributed by atoms with Gasteiger partial charge in [0.25, 0.3) is 0 Å². The summed E-state index contributed by atoms with van der Waals surface area (Å²) in [6, 6.07) is 5.38. The molecule has 0 bridgehead atoms. The highest BCUT2D eigenvalue weighted by Crippen LogP contribution is 2.31. The minimum absolute atomic E-state index is 0.129.